The molecule has 0 aromatic carbocycles. The predicted octanol–water partition coefficient (Wildman–Crippen LogP) is 2.64. The summed E-state index contributed by atoms with van der Waals surface area (Å²) in [5.74, 6) is 1.02. The maximum Gasteiger partial charge on any atom is 0.00934 e. The highest BCUT2D eigenvalue weighted by Crippen LogP contribution is 2.29. The van der Waals surface area contributed by atoms with Crippen LogP contribution in [0.25, 0.3) is 0 Å². The van der Waals surface area contributed by atoms with Crippen LogP contribution >= 0.6 is 0 Å². The maximum absolute atomic E-state index is 3.59. The first-order valence-electron chi connectivity index (χ1n) is 7.23. The zero-order valence-electron chi connectivity index (χ0n) is 11.0. The Kier molecular flexibility index (Phi) is 4.66. The lowest BCUT2D eigenvalue weighted by molar-refractivity contribution is 0.127. The molecule has 0 aromatic rings. The molecule has 0 atom stereocenters. The van der Waals surface area contributed by atoms with Crippen LogP contribution in [0.3, 0.4) is 0 Å². The topological polar surface area (TPSA) is 15.3 Å². The Morgan fingerprint density at radius 2 is 1.75 bits per heavy atom. The molecular weight excluding hydrogens is 196 g/mol. The summed E-state index contributed by atoms with van der Waals surface area (Å²) in [6.45, 7) is 4.71. The van der Waals surface area contributed by atoms with E-state index < -0.39 is 0 Å². The number of hydrogen-bond acceptors (Lipinski definition) is 2. The van der Waals surface area contributed by atoms with E-state index in [1.165, 1.54) is 51.5 Å². The number of rotatable bonds is 5. The molecule has 0 unspecified atom stereocenters. The lowest BCUT2D eigenvalue weighted by atomic mass is 9.84. The molecule has 0 saturated heterocycles. The van der Waals surface area contributed by atoms with Gasteiger partial charge < -0.3 is 10.2 Å². The van der Waals surface area contributed by atoms with E-state index in [1.807, 2.05) is 0 Å². The first-order chi connectivity index (χ1) is 7.79. The summed E-state index contributed by atoms with van der Waals surface area (Å²) in [4.78, 5) is 2.64. The van der Waals surface area contributed by atoms with Crippen molar-refractivity contribution in [3.05, 3.63) is 0 Å². The third-order valence-corrected chi connectivity index (χ3v) is 4.58. The Morgan fingerprint density at radius 1 is 1.06 bits per heavy atom. The van der Waals surface area contributed by atoms with E-state index in [0.717, 1.165) is 24.5 Å². The van der Waals surface area contributed by atoms with Gasteiger partial charge in [-0.25, -0.2) is 0 Å². The van der Waals surface area contributed by atoms with Crippen molar-refractivity contribution in [3.8, 4) is 0 Å². The van der Waals surface area contributed by atoms with Gasteiger partial charge in [-0.05, 0) is 58.0 Å². The first kappa shape index (κ1) is 12.4. The Balaban J connectivity index is 1.66. The van der Waals surface area contributed by atoms with Crippen LogP contribution in [0.15, 0.2) is 0 Å². The Labute approximate surface area is 101 Å². The van der Waals surface area contributed by atoms with E-state index in [1.54, 1.807) is 0 Å². The minimum atomic E-state index is 0.804. The highest BCUT2D eigenvalue weighted by molar-refractivity contribution is 4.83. The Morgan fingerprint density at radius 3 is 2.25 bits per heavy atom. The van der Waals surface area contributed by atoms with Gasteiger partial charge in [0.15, 0.2) is 0 Å². The van der Waals surface area contributed by atoms with Crippen molar-refractivity contribution in [2.24, 2.45) is 5.92 Å². The van der Waals surface area contributed by atoms with E-state index in [-0.39, 0.29) is 0 Å². The average molecular weight is 224 g/mol. The minimum Gasteiger partial charge on any atom is -0.314 e. The van der Waals surface area contributed by atoms with E-state index in [2.05, 4.69) is 24.2 Å². The Bertz CT molecular complexity index is 193. The molecule has 94 valence electrons. The van der Waals surface area contributed by atoms with Crippen LogP contribution < -0.4 is 5.32 Å². The fraction of sp³-hybridized carbons (Fsp3) is 1.00. The number of hydrogen-bond donors (Lipinski definition) is 1. The molecule has 0 aliphatic heterocycles. The van der Waals surface area contributed by atoms with Gasteiger partial charge in [-0.3, -0.25) is 0 Å². The number of nitrogens with zero attached hydrogens (tertiary/aromatic N) is 1. The largest absolute Gasteiger partial charge is 0.314 e. The molecule has 2 rings (SSSR count). The molecule has 0 heterocycles. The van der Waals surface area contributed by atoms with Gasteiger partial charge in [0.25, 0.3) is 0 Å². The summed E-state index contributed by atoms with van der Waals surface area (Å²) >= 11 is 0. The van der Waals surface area contributed by atoms with E-state index in [4.69, 9.17) is 0 Å². The molecule has 1 N–H and O–H groups in total. The average Bonchev–Trinajstić information content (AvgIpc) is 2.25. The molecule has 2 nitrogen and oxygen atoms in total. The third kappa shape index (κ3) is 3.21. The number of nitrogens with one attached hydrogen (secondary N) is 1. The van der Waals surface area contributed by atoms with Crippen molar-refractivity contribution in [2.75, 3.05) is 20.1 Å². The predicted molar refractivity (Wildman–Crippen MR) is 69.7 cm³/mol. The van der Waals surface area contributed by atoms with Gasteiger partial charge >= 0.3 is 0 Å². The molecule has 0 radical (unpaired) electrons. The molecule has 2 saturated carbocycles. The zero-order chi connectivity index (χ0) is 11.4. The molecule has 0 spiro atoms. The summed E-state index contributed by atoms with van der Waals surface area (Å²) < 4.78 is 0. The molecular formula is C14H28N2. The van der Waals surface area contributed by atoms with Gasteiger partial charge in [-0.1, -0.05) is 13.3 Å². The van der Waals surface area contributed by atoms with Crippen molar-refractivity contribution in [1.82, 2.24) is 10.2 Å². The smallest absolute Gasteiger partial charge is 0.00934 e. The van der Waals surface area contributed by atoms with Crippen LogP contribution in [0.2, 0.25) is 0 Å². The van der Waals surface area contributed by atoms with Crippen LogP contribution in [0.1, 0.15) is 51.9 Å². The van der Waals surface area contributed by atoms with Crippen LogP contribution in [-0.4, -0.2) is 37.1 Å². The molecule has 2 aliphatic carbocycles. The second-order valence-electron chi connectivity index (χ2n) is 5.80. The highest BCUT2D eigenvalue weighted by atomic mass is 15.1. The molecule has 0 amide bonds. The van der Waals surface area contributed by atoms with Crippen LogP contribution in [-0.2, 0) is 0 Å². The van der Waals surface area contributed by atoms with Crippen molar-refractivity contribution in [1.29, 1.82) is 0 Å². The highest BCUT2D eigenvalue weighted by Gasteiger charge is 2.26. The van der Waals surface area contributed by atoms with E-state index in [9.17, 15) is 0 Å². The fourth-order valence-electron chi connectivity index (χ4n) is 3.24. The maximum atomic E-state index is 3.59. The van der Waals surface area contributed by atoms with Crippen molar-refractivity contribution < 1.29 is 0 Å². The lowest BCUT2D eigenvalue weighted by Crippen LogP contribution is -2.43. The fourth-order valence-corrected chi connectivity index (χ4v) is 3.24. The van der Waals surface area contributed by atoms with Crippen LogP contribution in [0, 0.1) is 5.92 Å². The normalized spacial score (nSPS) is 31.7. The summed E-state index contributed by atoms with van der Waals surface area (Å²) in [5, 5.41) is 3.59. The summed E-state index contributed by atoms with van der Waals surface area (Å²) in [7, 11) is 2.34. The second kappa shape index (κ2) is 6.02. The Hall–Kier alpha value is -0.0800. The van der Waals surface area contributed by atoms with E-state index in [0.29, 0.717) is 0 Å². The van der Waals surface area contributed by atoms with Crippen molar-refractivity contribution >= 4 is 0 Å². The zero-order valence-corrected chi connectivity index (χ0v) is 11.0. The molecule has 2 heteroatoms. The molecule has 2 fully saturated rings. The summed E-state index contributed by atoms with van der Waals surface area (Å²) in [6.07, 6.45) is 10.0. The van der Waals surface area contributed by atoms with Gasteiger partial charge in [0.1, 0.15) is 0 Å². The van der Waals surface area contributed by atoms with Crippen molar-refractivity contribution in [2.45, 2.75) is 64.0 Å². The van der Waals surface area contributed by atoms with Crippen LogP contribution in [0.5, 0.6) is 0 Å². The standard InChI is InChI=1S/C14H28N2/c1-3-15-13-7-9-14(10-8-13)16(2)11-12-5-4-6-12/h12-15H,3-11H2,1-2H3. The minimum absolute atomic E-state index is 0.804. The SMILES string of the molecule is CCNC1CCC(N(C)CC2CCC2)CC1. The van der Waals surface area contributed by atoms with Gasteiger partial charge in [0, 0.05) is 18.6 Å². The summed E-state index contributed by atoms with van der Waals surface area (Å²) in [6, 6.07) is 1.67. The molecule has 16 heavy (non-hydrogen) atoms. The molecule has 0 bridgehead atoms. The van der Waals surface area contributed by atoms with Gasteiger partial charge in [0.2, 0.25) is 0 Å². The van der Waals surface area contributed by atoms with Gasteiger partial charge in [0.05, 0.1) is 0 Å². The van der Waals surface area contributed by atoms with Crippen molar-refractivity contribution in [3.63, 3.8) is 0 Å². The molecule has 2 aliphatic rings. The van der Waals surface area contributed by atoms with Gasteiger partial charge in [-0.15, -0.1) is 0 Å². The summed E-state index contributed by atoms with van der Waals surface area (Å²) in [5.41, 5.74) is 0. The van der Waals surface area contributed by atoms with E-state index >= 15 is 0 Å². The monoisotopic (exact) mass is 224 g/mol. The molecule has 0 aromatic heterocycles. The first-order valence-corrected chi connectivity index (χ1v) is 7.23. The van der Waals surface area contributed by atoms with Crippen LogP contribution in [0.4, 0.5) is 0 Å². The quantitative estimate of drug-likeness (QED) is 0.772. The van der Waals surface area contributed by atoms with Gasteiger partial charge in [-0.2, -0.15) is 0 Å². The lowest BCUT2D eigenvalue weighted by Gasteiger charge is -2.38. The second-order valence-corrected chi connectivity index (χ2v) is 5.80. The third-order valence-electron chi connectivity index (χ3n) is 4.58.